The lowest BCUT2D eigenvalue weighted by molar-refractivity contribution is -0.128. The van der Waals surface area contributed by atoms with Crippen LogP contribution in [0.2, 0.25) is 0 Å². The van der Waals surface area contributed by atoms with E-state index in [0.29, 0.717) is 12.5 Å². The van der Waals surface area contributed by atoms with E-state index >= 15 is 0 Å². The molecule has 1 rings (SSSR count). The molecule has 0 aromatic heterocycles. The van der Waals surface area contributed by atoms with E-state index in [1.54, 1.807) is 0 Å². The summed E-state index contributed by atoms with van der Waals surface area (Å²) in [5.74, 6) is 0.452. The molecule has 0 aliphatic carbocycles. The first kappa shape index (κ1) is 15.1. The average Bonchev–Trinajstić information content (AvgIpc) is 2.53. The number of ketones is 1. The number of Topliss-reactive ketones (excluding diaryl/α,β-unsaturated/α-hetero) is 1. The van der Waals surface area contributed by atoms with Crippen LogP contribution in [0.3, 0.4) is 0 Å². The predicted octanol–water partition coefficient (Wildman–Crippen LogP) is -0.00480. The van der Waals surface area contributed by atoms with Gasteiger partial charge in [-0.05, 0) is 18.8 Å². The van der Waals surface area contributed by atoms with Gasteiger partial charge in [0.1, 0.15) is 0 Å². The number of nitrogens with one attached hydrogen (secondary N) is 1. The van der Waals surface area contributed by atoms with E-state index in [1.807, 2.05) is 18.7 Å². The van der Waals surface area contributed by atoms with Gasteiger partial charge < -0.3 is 11.1 Å². The summed E-state index contributed by atoms with van der Waals surface area (Å²) in [6.07, 6.45) is 0. The minimum absolute atomic E-state index is 0.00448. The van der Waals surface area contributed by atoms with E-state index in [-0.39, 0.29) is 29.7 Å². The van der Waals surface area contributed by atoms with Gasteiger partial charge in [0.15, 0.2) is 5.78 Å². The van der Waals surface area contributed by atoms with Crippen molar-refractivity contribution < 1.29 is 9.59 Å². The first-order chi connectivity index (χ1) is 8.31. The highest BCUT2D eigenvalue weighted by atomic mass is 16.2. The Morgan fingerprint density at radius 3 is 2.39 bits per heavy atom. The lowest BCUT2D eigenvalue weighted by Gasteiger charge is -2.21. The van der Waals surface area contributed by atoms with E-state index in [1.165, 1.54) is 6.92 Å². The Morgan fingerprint density at radius 1 is 1.39 bits per heavy atom. The SMILES string of the molecule is CC(=O)C(NC(=O)CN1CC(C)C(N)C1)C(C)C. The van der Waals surface area contributed by atoms with Gasteiger partial charge in [-0.3, -0.25) is 14.5 Å². The molecule has 1 saturated heterocycles. The molecule has 3 unspecified atom stereocenters. The predicted molar refractivity (Wildman–Crippen MR) is 71.0 cm³/mol. The van der Waals surface area contributed by atoms with Gasteiger partial charge in [0, 0.05) is 19.1 Å². The van der Waals surface area contributed by atoms with Crippen LogP contribution in [-0.4, -0.2) is 48.3 Å². The number of carbonyl (C=O) groups excluding carboxylic acids is 2. The highest BCUT2D eigenvalue weighted by Gasteiger charge is 2.28. The Morgan fingerprint density at radius 2 is 2.00 bits per heavy atom. The normalized spacial score (nSPS) is 26.3. The third kappa shape index (κ3) is 4.07. The maximum atomic E-state index is 11.9. The van der Waals surface area contributed by atoms with Gasteiger partial charge >= 0.3 is 0 Å². The first-order valence-electron chi connectivity index (χ1n) is 6.59. The van der Waals surface area contributed by atoms with Crippen LogP contribution in [0.15, 0.2) is 0 Å². The van der Waals surface area contributed by atoms with Gasteiger partial charge in [0.25, 0.3) is 0 Å². The first-order valence-corrected chi connectivity index (χ1v) is 6.59. The summed E-state index contributed by atoms with van der Waals surface area (Å²) >= 11 is 0. The molecule has 5 nitrogen and oxygen atoms in total. The van der Waals surface area contributed by atoms with E-state index in [4.69, 9.17) is 5.73 Å². The fourth-order valence-electron chi connectivity index (χ4n) is 2.38. The molecule has 1 amide bonds. The van der Waals surface area contributed by atoms with Crippen molar-refractivity contribution in [3.8, 4) is 0 Å². The van der Waals surface area contributed by atoms with Crippen molar-refractivity contribution >= 4 is 11.7 Å². The highest BCUT2D eigenvalue weighted by Crippen LogP contribution is 2.13. The maximum absolute atomic E-state index is 11.9. The van der Waals surface area contributed by atoms with Crippen LogP contribution in [0, 0.1) is 11.8 Å². The number of carbonyl (C=O) groups is 2. The summed E-state index contributed by atoms with van der Waals surface area (Å²) in [5, 5.41) is 2.80. The van der Waals surface area contributed by atoms with Gasteiger partial charge in [-0.1, -0.05) is 20.8 Å². The molecule has 1 aliphatic rings. The molecule has 3 atom stereocenters. The number of nitrogens with two attached hydrogens (primary N) is 1. The highest BCUT2D eigenvalue weighted by molar-refractivity contribution is 5.88. The fourth-order valence-corrected chi connectivity index (χ4v) is 2.38. The topological polar surface area (TPSA) is 75.4 Å². The Hall–Kier alpha value is -0.940. The molecule has 104 valence electrons. The molecule has 1 aliphatic heterocycles. The average molecular weight is 255 g/mol. The van der Waals surface area contributed by atoms with Gasteiger partial charge in [0.05, 0.1) is 12.6 Å². The fraction of sp³-hybridized carbons (Fsp3) is 0.846. The van der Waals surface area contributed by atoms with E-state index in [2.05, 4.69) is 12.2 Å². The Kier molecular flexibility index (Phi) is 5.28. The van der Waals surface area contributed by atoms with E-state index in [9.17, 15) is 9.59 Å². The third-order valence-electron chi connectivity index (χ3n) is 3.53. The van der Waals surface area contributed by atoms with Crippen LogP contribution in [0.5, 0.6) is 0 Å². The number of nitrogens with zero attached hydrogens (tertiary/aromatic N) is 1. The minimum atomic E-state index is -0.383. The molecule has 5 heteroatoms. The van der Waals surface area contributed by atoms with Crippen molar-refractivity contribution in [1.82, 2.24) is 10.2 Å². The number of hydrogen-bond donors (Lipinski definition) is 2. The lowest BCUT2D eigenvalue weighted by atomic mass is 10.0. The lowest BCUT2D eigenvalue weighted by Crippen LogP contribution is -2.47. The number of hydrogen-bond acceptors (Lipinski definition) is 4. The zero-order valence-corrected chi connectivity index (χ0v) is 11.8. The van der Waals surface area contributed by atoms with E-state index < -0.39 is 0 Å². The molecular formula is C13H25N3O2. The van der Waals surface area contributed by atoms with Crippen molar-refractivity contribution in [3.05, 3.63) is 0 Å². The molecule has 0 aromatic rings. The molecule has 1 fully saturated rings. The van der Waals surface area contributed by atoms with Gasteiger partial charge in [-0.25, -0.2) is 0 Å². The second kappa shape index (κ2) is 6.29. The van der Waals surface area contributed by atoms with Crippen LogP contribution < -0.4 is 11.1 Å². The van der Waals surface area contributed by atoms with Crippen molar-refractivity contribution in [2.24, 2.45) is 17.6 Å². The quantitative estimate of drug-likeness (QED) is 0.725. The number of amides is 1. The van der Waals surface area contributed by atoms with Crippen LogP contribution in [-0.2, 0) is 9.59 Å². The van der Waals surface area contributed by atoms with Gasteiger partial charge in [-0.2, -0.15) is 0 Å². The van der Waals surface area contributed by atoms with E-state index in [0.717, 1.165) is 13.1 Å². The van der Waals surface area contributed by atoms with Crippen LogP contribution >= 0.6 is 0 Å². The number of likely N-dealkylation sites (tertiary alicyclic amines) is 1. The monoisotopic (exact) mass is 255 g/mol. The summed E-state index contributed by atoms with van der Waals surface area (Å²) < 4.78 is 0. The van der Waals surface area contributed by atoms with Crippen LogP contribution in [0.4, 0.5) is 0 Å². The Bertz CT molecular complexity index is 307. The smallest absolute Gasteiger partial charge is 0.234 e. The molecule has 18 heavy (non-hydrogen) atoms. The second-order valence-corrected chi connectivity index (χ2v) is 5.74. The zero-order chi connectivity index (χ0) is 13.9. The van der Waals surface area contributed by atoms with Crippen molar-refractivity contribution in [3.63, 3.8) is 0 Å². The molecule has 0 saturated carbocycles. The van der Waals surface area contributed by atoms with Crippen molar-refractivity contribution in [2.75, 3.05) is 19.6 Å². The Labute approximate surface area is 109 Å². The second-order valence-electron chi connectivity index (χ2n) is 5.74. The molecule has 0 spiro atoms. The van der Waals surface area contributed by atoms with Crippen LogP contribution in [0.1, 0.15) is 27.7 Å². The largest absolute Gasteiger partial charge is 0.345 e. The molecular weight excluding hydrogens is 230 g/mol. The molecule has 0 bridgehead atoms. The molecule has 0 radical (unpaired) electrons. The molecule has 0 aromatic carbocycles. The van der Waals surface area contributed by atoms with Crippen molar-refractivity contribution in [2.45, 2.75) is 39.8 Å². The zero-order valence-electron chi connectivity index (χ0n) is 11.8. The summed E-state index contributed by atoms with van der Waals surface area (Å²) in [4.78, 5) is 25.3. The summed E-state index contributed by atoms with van der Waals surface area (Å²) in [6, 6.07) is -0.238. The summed E-state index contributed by atoms with van der Waals surface area (Å²) in [6.45, 7) is 9.39. The molecule has 3 N–H and O–H groups in total. The summed E-state index contributed by atoms with van der Waals surface area (Å²) in [5.41, 5.74) is 5.91. The van der Waals surface area contributed by atoms with Gasteiger partial charge in [-0.15, -0.1) is 0 Å². The third-order valence-corrected chi connectivity index (χ3v) is 3.53. The van der Waals surface area contributed by atoms with Crippen LogP contribution in [0.25, 0.3) is 0 Å². The standard InChI is InChI=1S/C13H25N3O2/c1-8(2)13(10(4)17)15-12(18)7-16-5-9(3)11(14)6-16/h8-9,11,13H,5-7,14H2,1-4H3,(H,15,18). The maximum Gasteiger partial charge on any atom is 0.234 e. The summed E-state index contributed by atoms with van der Waals surface area (Å²) in [7, 11) is 0. The number of rotatable bonds is 5. The van der Waals surface area contributed by atoms with Crippen molar-refractivity contribution in [1.29, 1.82) is 0 Å². The van der Waals surface area contributed by atoms with Gasteiger partial charge in [0.2, 0.25) is 5.91 Å². The Balaban J connectivity index is 2.44. The molecule has 1 heterocycles. The minimum Gasteiger partial charge on any atom is -0.345 e.